The molecule has 0 spiro atoms. The summed E-state index contributed by atoms with van der Waals surface area (Å²) in [4.78, 5) is 0. The van der Waals surface area contributed by atoms with Gasteiger partial charge in [-0.3, -0.25) is 0 Å². The van der Waals surface area contributed by atoms with Crippen LogP contribution in [-0.2, 0) is 6.54 Å². The van der Waals surface area contributed by atoms with Crippen molar-refractivity contribution in [1.82, 2.24) is 10.6 Å². The minimum Gasteiger partial charge on any atom is -0.486 e. The van der Waals surface area contributed by atoms with Crippen LogP contribution in [0.2, 0.25) is 0 Å². The molecule has 0 amide bonds. The Balaban J connectivity index is 1.63. The van der Waals surface area contributed by atoms with E-state index in [0.717, 1.165) is 31.1 Å². The SMILES string of the molecule is CC1(NCc2ccc3c(c2)OCCO3)CCNCC1. The van der Waals surface area contributed by atoms with Crippen molar-refractivity contribution in [2.75, 3.05) is 26.3 Å². The molecule has 2 heterocycles. The lowest BCUT2D eigenvalue weighted by molar-refractivity contribution is 0.171. The molecule has 0 radical (unpaired) electrons. The Morgan fingerprint density at radius 2 is 1.89 bits per heavy atom. The lowest BCUT2D eigenvalue weighted by atomic mass is 9.90. The minimum atomic E-state index is 0.249. The maximum Gasteiger partial charge on any atom is 0.161 e. The second kappa shape index (κ2) is 5.39. The maximum absolute atomic E-state index is 5.62. The van der Waals surface area contributed by atoms with Gasteiger partial charge in [0, 0.05) is 12.1 Å². The lowest BCUT2D eigenvalue weighted by Gasteiger charge is -2.35. The van der Waals surface area contributed by atoms with E-state index in [1.54, 1.807) is 0 Å². The normalized spacial score (nSPS) is 21.1. The number of hydrogen-bond acceptors (Lipinski definition) is 4. The number of rotatable bonds is 3. The molecule has 0 bridgehead atoms. The van der Waals surface area contributed by atoms with Crippen molar-refractivity contribution in [3.8, 4) is 11.5 Å². The van der Waals surface area contributed by atoms with Crippen LogP contribution >= 0.6 is 0 Å². The highest BCUT2D eigenvalue weighted by Crippen LogP contribution is 2.31. The predicted octanol–water partition coefficient (Wildman–Crippen LogP) is 1.69. The van der Waals surface area contributed by atoms with Crippen molar-refractivity contribution in [2.45, 2.75) is 31.8 Å². The Morgan fingerprint density at radius 1 is 1.16 bits per heavy atom. The first-order valence-corrected chi connectivity index (χ1v) is 7.09. The van der Waals surface area contributed by atoms with Gasteiger partial charge in [-0.15, -0.1) is 0 Å². The first-order valence-electron chi connectivity index (χ1n) is 7.09. The third-order valence-corrected chi connectivity index (χ3v) is 4.03. The molecule has 3 rings (SSSR count). The van der Waals surface area contributed by atoms with Gasteiger partial charge in [0.25, 0.3) is 0 Å². The van der Waals surface area contributed by atoms with Gasteiger partial charge in [0.1, 0.15) is 13.2 Å². The Kier molecular flexibility index (Phi) is 3.62. The average Bonchev–Trinajstić information content (AvgIpc) is 2.46. The fraction of sp³-hybridized carbons (Fsp3) is 0.600. The summed E-state index contributed by atoms with van der Waals surface area (Å²) in [7, 11) is 0. The molecule has 1 aromatic carbocycles. The molecule has 1 aromatic rings. The van der Waals surface area contributed by atoms with Crippen molar-refractivity contribution in [2.24, 2.45) is 0 Å². The molecule has 0 aromatic heterocycles. The van der Waals surface area contributed by atoms with Crippen molar-refractivity contribution in [3.63, 3.8) is 0 Å². The van der Waals surface area contributed by atoms with E-state index in [4.69, 9.17) is 9.47 Å². The summed E-state index contributed by atoms with van der Waals surface area (Å²) in [6, 6.07) is 6.22. The molecule has 0 atom stereocenters. The van der Waals surface area contributed by atoms with Crippen LogP contribution in [-0.4, -0.2) is 31.8 Å². The summed E-state index contributed by atoms with van der Waals surface area (Å²) in [5, 5.41) is 7.09. The molecule has 1 saturated heterocycles. The molecular formula is C15H22N2O2. The van der Waals surface area contributed by atoms with Gasteiger partial charge in [-0.2, -0.15) is 0 Å². The Hall–Kier alpha value is -1.26. The number of hydrogen-bond donors (Lipinski definition) is 2. The highest BCUT2D eigenvalue weighted by Gasteiger charge is 2.25. The topological polar surface area (TPSA) is 42.5 Å². The number of nitrogens with one attached hydrogen (secondary N) is 2. The smallest absolute Gasteiger partial charge is 0.161 e. The van der Waals surface area contributed by atoms with E-state index in [-0.39, 0.29) is 5.54 Å². The molecule has 0 unspecified atom stereocenters. The zero-order valence-electron chi connectivity index (χ0n) is 11.5. The van der Waals surface area contributed by atoms with Gasteiger partial charge in [-0.25, -0.2) is 0 Å². The fourth-order valence-corrected chi connectivity index (χ4v) is 2.67. The van der Waals surface area contributed by atoms with Gasteiger partial charge in [-0.05, 0) is 50.6 Å². The first-order chi connectivity index (χ1) is 9.25. The van der Waals surface area contributed by atoms with Crippen LogP contribution in [0.25, 0.3) is 0 Å². The average molecular weight is 262 g/mol. The van der Waals surface area contributed by atoms with Gasteiger partial charge in [0.2, 0.25) is 0 Å². The molecule has 2 N–H and O–H groups in total. The van der Waals surface area contributed by atoms with Gasteiger partial charge in [0.15, 0.2) is 11.5 Å². The van der Waals surface area contributed by atoms with Gasteiger partial charge in [0.05, 0.1) is 0 Å². The Bertz CT molecular complexity index is 442. The summed E-state index contributed by atoms with van der Waals surface area (Å²) >= 11 is 0. The van der Waals surface area contributed by atoms with Gasteiger partial charge >= 0.3 is 0 Å². The summed E-state index contributed by atoms with van der Waals surface area (Å²) in [5.74, 6) is 1.74. The van der Waals surface area contributed by atoms with E-state index in [0.29, 0.717) is 13.2 Å². The van der Waals surface area contributed by atoms with Crippen LogP contribution < -0.4 is 20.1 Å². The zero-order chi connectivity index (χ0) is 13.1. The van der Waals surface area contributed by atoms with Crippen LogP contribution in [0, 0.1) is 0 Å². The van der Waals surface area contributed by atoms with E-state index in [2.05, 4.69) is 29.7 Å². The molecule has 0 saturated carbocycles. The number of benzene rings is 1. The van der Waals surface area contributed by atoms with Gasteiger partial charge in [-0.1, -0.05) is 6.07 Å². The monoisotopic (exact) mass is 262 g/mol. The predicted molar refractivity (Wildman–Crippen MR) is 74.8 cm³/mol. The van der Waals surface area contributed by atoms with E-state index >= 15 is 0 Å². The molecule has 104 valence electrons. The maximum atomic E-state index is 5.62. The number of fused-ring (bicyclic) bond motifs is 1. The Labute approximate surface area is 114 Å². The third kappa shape index (κ3) is 3.01. The van der Waals surface area contributed by atoms with Crippen LogP contribution in [0.5, 0.6) is 11.5 Å². The highest BCUT2D eigenvalue weighted by atomic mass is 16.6. The number of ether oxygens (including phenoxy) is 2. The molecule has 4 nitrogen and oxygen atoms in total. The van der Waals surface area contributed by atoms with Crippen LogP contribution in [0.1, 0.15) is 25.3 Å². The standard InChI is InChI=1S/C15H22N2O2/c1-15(4-6-16-7-5-15)17-11-12-2-3-13-14(10-12)19-9-8-18-13/h2-3,10,16-17H,4-9,11H2,1H3. The first kappa shape index (κ1) is 12.8. The second-order valence-electron chi connectivity index (χ2n) is 5.64. The summed E-state index contributed by atoms with van der Waals surface area (Å²) in [6.07, 6.45) is 2.36. The molecule has 2 aliphatic heterocycles. The summed E-state index contributed by atoms with van der Waals surface area (Å²) in [6.45, 7) is 6.69. The second-order valence-corrected chi connectivity index (χ2v) is 5.64. The molecule has 0 aliphatic carbocycles. The lowest BCUT2D eigenvalue weighted by Crippen LogP contribution is -2.49. The zero-order valence-corrected chi connectivity index (χ0v) is 11.5. The summed E-state index contributed by atoms with van der Waals surface area (Å²) in [5.41, 5.74) is 1.50. The third-order valence-electron chi connectivity index (χ3n) is 4.03. The molecule has 4 heteroatoms. The van der Waals surface area contributed by atoms with E-state index in [1.165, 1.54) is 18.4 Å². The van der Waals surface area contributed by atoms with Crippen LogP contribution in [0.3, 0.4) is 0 Å². The van der Waals surface area contributed by atoms with Crippen molar-refractivity contribution < 1.29 is 9.47 Å². The minimum absolute atomic E-state index is 0.249. The van der Waals surface area contributed by atoms with E-state index in [1.807, 2.05) is 6.07 Å². The van der Waals surface area contributed by atoms with Gasteiger partial charge < -0.3 is 20.1 Å². The largest absolute Gasteiger partial charge is 0.486 e. The highest BCUT2D eigenvalue weighted by molar-refractivity contribution is 5.43. The molecule has 2 aliphatic rings. The van der Waals surface area contributed by atoms with Crippen molar-refractivity contribution >= 4 is 0 Å². The van der Waals surface area contributed by atoms with Crippen LogP contribution in [0.15, 0.2) is 18.2 Å². The van der Waals surface area contributed by atoms with Crippen molar-refractivity contribution in [1.29, 1.82) is 0 Å². The fourth-order valence-electron chi connectivity index (χ4n) is 2.67. The van der Waals surface area contributed by atoms with E-state index < -0.39 is 0 Å². The number of piperidine rings is 1. The molecule has 1 fully saturated rings. The molecular weight excluding hydrogens is 240 g/mol. The van der Waals surface area contributed by atoms with Crippen molar-refractivity contribution in [3.05, 3.63) is 23.8 Å². The summed E-state index contributed by atoms with van der Waals surface area (Å²) < 4.78 is 11.2. The van der Waals surface area contributed by atoms with Crippen LogP contribution in [0.4, 0.5) is 0 Å². The molecule has 19 heavy (non-hydrogen) atoms. The van der Waals surface area contributed by atoms with E-state index in [9.17, 15) is 0 Å². The Morgan fingerprint density at radius 3 is 2.68 bits per heavy atom. The quantitative estimate of drug-likeness (QED) is 0.870.